The van der Waals surface area contributed by atoms with Gasteiger partial charge in [0, 0.05) is 95.7 Å². The number of benzene rings is 14. The first-order valence-electron chi connectivity index (χ1n) is 38.0. The molecule has 0 N–H and O–H groups in total. The van der Waals surface area contributed by atoms with E-state index in [1.165, 1.54) is 21.5 Å². The average molecular weight is 1430 g/mol. The molecule has 11 heteroatoms. The van der Waals surface area contributed by atoms with Crippen LogP contribution in [0.25, 0.3) is 210 Å². The average Bonchev–Trinajstić information content (AvgIpc) is 1.47. The largest absolute Gasteiger partial charge is 0.309 e. The van der Waals surface area contributed by atoms with Crippen molar-refractivity contribution in [2.45, 2.75) is 6.42 Å². The molecule has 112 heavy (non-hydrogen) atoms. The molecule has 10 heterocycles. The van der Waals surface area contributed by atoms with E-state index in [4.69, 9.17) is 15.0 Å². The molecule has 24 rings (SSSR count). The van der Waals surface area contributed by atoms with E-state index in [1.807, 2.05) is 30.7 Å². The third-order valence-corrected chi connectivity index (χ3v) is 23.5. The van der Waals surface area contributed by atoms with Crippen molar-refractivity contribution < 1.29 is 0 Å². The van der Waals surface area contributed by atoms with E-state index in [-0.39, 0.29) is 0 Å². The van der Waals surface area contributed by atoms with Gasteiger partial charge in [0.15, 0.2) is 0 Å². The molecule has 11 nitrogen and oxygen atoms in total. The number of fused-ring (bicyclic) bond motifs is 21. The van der Waals surface area contributed by atoms with Crippen molar-refractivity contribution in [3.8, 4) is 68.1 Å². The van der Waals surface area contributed by atoms with Crippen LogP contribution in [0, 0.1) is 11.3 Å². The molecule has 0 fully saturated rings. The minimum atomic E-state index is 0.428. The van der Waals surface area contributed by atoms with Crippen molar-refractivity contribution in [3.63, 3.8) is 0 Å². The number of hydrogen-bond donors (Lipinski definition) is 0. The van der Waals surface area contributed by atoms with Crippen LogP contribution < -0.4 is 0 Å². The van der Waals surface area contributed by atoms with Crippen LogP contribution in [0.15, 0.2) is 351 Å². The summed E-state index contributed by atoms with van der Waals surface area (Å²) in [4.78, 5) is 16.0. The molecule has 0 radical (unpaired) electrons. The number of aromatic nitrogens is 9. The smallest absolute Gasteiger partial charge is 0.105 e. The lowest BCUT2D eigenvalue weighted by atomic mass is 10.0. The summed E-state index contributed by atoms with van der Waals surface area (Å²) < 4.78 is 16.9. The molecule has 0 unspecified atom stereocenters. The standard InChI is InChI=1S/C101H61N11/c102-61-79-97(110-86-44-16-7-35-74(86)95-92(110)48-23-55-104-95)99(108-84-42-14-5-33-72(84)77-59-64(50-52-89(77)108)62-25-21-27-66(57-62)106-80-38-10-1-29-68(80)69-30-2-11-39-81(69)106)101(112-88-46-18-9-37-76(88)94-91(112)47-19-20-54-103-94)100(98(79)111-87-45-17-8-36-75(87)96-93(111)49-24-56-105-96)109-85-43-15-6-34-73(85)78-60-65(51-53-90(78)109)63-26-22-28-67(58-63)107-82-40-12-3-31-70(82)71-32-4-13-41-83(71)107/h1-19,21-60H,20H2. The van der Waals surface area contributed by atoms with Crippen LogP contribution in [-0.2, 0) is 0 Å². The van der Waals surface area contributed by atoms with Crippen molar-refractivity contribution in [1.82, 2.24) is 41.9 Å². The molecule has 0 aliphatic carbocycles. The molecule has 0 bridgehead atoms. The normalized spacial score (nSPS) is 12.5. The highest BCUT2D eigenvalue weighted by molar-refractivity contribution is 6.18. The highest BCUT2D eigenvalue weighted by Crippen LogP contribution is 2.53. The third kappa shape index (κ3) is 8.65. The summed E-state index contributed by atoms with van der Waals surface area (Å²) in [6.45, 7) is 0. The summed E-state index contributed by atoms with van der Waals surface area (Å²) >= 11 is 0. The van der Waals surface area contributed by atoms with Crippen LogP contribution in [0.3, 0.4) is 0 Å². The minimum absolute atomic E-state index is 0.428. The van der Waals surface area contributed by atoms with Gasteiger partial charge in [-0.25, -0.2) is 0 Å². The Morgan fingerprint density at radius 3 is 1.00 bits per heavy atom. The van der Waals surface area contributed by atoms with Gasteiger partial charge < -0.3 is 32.0 Å². The maximum absolute atomic E-state index is 13.6. The quantitative estimate of drug-likeness (QED) is 0.144. The Morgan fingerprint density at radius 1 is 0.259 bits per heavy atom. The molecule has 14 aromatic carbocycles. The van der Waals surface area contributed by atoms with E-state index in [0.29, 0.717) is 23.4 Å². The second-order valence-electron chi connectivity index (χ2n) is 29.2. The minimum Gasteiger partial charge on any atom is -0.309 e. The van der Waals surface area contributed by atoms with Crippen molar-refractivity contribution in [2.24, 2.45) is 4.99 Å². The maximum Gasteiger partial charge on any atom is 0.105 e. The Hall–Kier alpha value is -15.4. The van der Waals surface area contributed by atoms with Gasteiger partial charge in [0.05, 0.1) is 123 Å². The molecule has 0 atom stereocenters. The number of hydrogen-bond acceptors (Lipinski definition) is 4. The SMILES string of the molecule is N#Cc1c(-n2c3ccccc3c3ncccc32)c(-n2c3ccccc3c3cc(-c4cccc(-n5c6ccccc6c6ccccc65)c4)ccc32)c(-n2c3c(c4ccccc42)N=CCC=C3)c(-n2c3ccccc3c3cc(-c4cccc(-n5c6ccccc6c6ccccc65)c4)ccc32)c1-n1c2ccccc2c2ncccc21. The fourth-order valence-corrected chi connectivity index (χ4v) is 18.9. The van der Waals surface area contributed by atoms with E-state index in [9.17, 15) is 5.26 Å². The fourth-order valence-electron chi connectivity index (χ4n) is 18.9. The van der Waals surface area contributed by atoms with Gasteiger partial charge in [0.1, 0.15) is 11.6 Å². The number of nitriles is 1. The van der Waals surface area contributed by atoms with Gasteiger partial charge in [0.2, 0.25) is 0 Å². The monoisotopic (exact) mass is 1430 g/mol. The molecule has 1 aliphatic heterocycles. The molecule has 9 aromatic heterocycles. The lowest BCUT2D eigenvalue weighted by Crippen LogP contribution is -2.19. The van der Waals surface area contributed by atoms with E-state index >= 15 is 0 Å². The van der Waals surface area contributed by atoms with Gasteiger partial charge >= 0.3 is 0 Å². The van der Waals surface area contributed by atoms with Crippen LogP contribution in [0.4, 0.5) is 5.69 Å². The van der Waals surface area contributed by atoms with Crippen LogP contribution >= 0.6 is 0 Å². The van der Waals surface area contributed by atoms with Gasteiger partial charge in [-0.05, 0) is 156 Å². The molecule has 0 saturated heterocycles. The highest BCUT2D eigenvalue weighted by Gasteiger charge is 2.38. The number of aliphatic imine (C=N–C) groups is 1. The van der Waals surface area contributed by atoms with Gasteiger partial charge in [-0.15, -0.1) is 0 Å². The molecule has 520 valence electrons. The summed E-state index contributed by atoms with van der Waals surface area (Å²) in [5, 5.41) is 25.5. The fraction of sp³-hybridized carbons (Fsp3) is 0.00990. The number of rotatable bonds is 9. The Kier molecular flexibility index (Phi) is 13.1. The van der Waals surface area contributed by atoms with Gasteiger partial charge in [-0.3, -0.25) is 15.0 Å². The molecular weight excluding hydrogens is 1370 g/mol. The molecule has 0 amide bonds. The zero-order valence-electron chi connectivity index (χ0n) is 60.2. The maximum atomic E-state index is 13.6. The first-order chi connectivity index (χ1) is 55.6. The Balaban J connectivity index is 0.884. The van der Waals surface area contributed by atoms with Crippen LogP contribution in [0.1, 0.15) is 17.7 Å². The van der Waals surface area contributed by atoms with Gasteiger partial charge in [0.25, 0.3) is 0 Å². The number of para-hydroxylation sites is 9. The van der Waals surface area contributed by atoms with Crippen molar-refractivity contribution in [3.05, 3.63) is 357 Å². The predicted octanol–water partition coefficient (Wildman–Crippen LogP) is 25.3. The zero-order valence-corrected chi connectivity index (χ0v) is 60.2. The van der Waals surface area contributed by atoms with E-state index < -0.39 is 0 Å². The molecule has 0 saturated carbocycles. The lowest BCUT2D eigenvalue weighted by molar-refractivity contribution is 0.975. The number of allylic oxidation sites excluding steroid dienone is 1. The molecule has 23 aromatic rings. The van der Waals surface area contributed by atoms with E-state index in [2.05, 4.69) is 366 Å². The summed E-state index contributed by atoms with van der Waals surface area (Å²) in [6, 6.07) is 122. The van der Waals surface area contributed by atoms with Crippen LogP contribution in [0.5, 0.6) is 0 Å². The summed E-state index contributed by atoms with van der Waals surface area (Å²) in [5.74, 6) is 0. The Bertz CT molecular complexity index is 7520. The highest BCUT2D eigenvalue weighted by atomic mass is 15.2. The van der Waals surface area contributed by atoms with Crippen molar-refractivity contribution in [2.75, 3.05) is 0 Å². The van der Waals surface area contributed by atoms with Crippen molar-refractivity contribution >= 4 is 160 Å². The first-order valence-corrected chi connectivity index (χ1v) is 38.0. The second-order valence-corrected chi connectivity index (χ2v) is 29.2. The summed E-state index contributed by atoms with van der Waals surface area (Å²) in [5.41, 5.74) is 26.7. The van der Waals surface area contributed by atoms with Gasteiger partial charge in [-0.1, -0.05) is 206 Å². The molecule has 1 aliphatic rings. The summed E-state index contributed by atoms with van der Waals surface area (Å²) in [7, 11) is 0. The first kappa shape index (κ1) is 61.7. The molecular formula is C101H61N11. The number of pyridine rings is 2. The second kappa shape index (κ2) is 23.8. The third-order valence-electron chi connectivity index (χ3n) is 23.5. The van der Waals surface area contributed by atoms with E-state index in [0.717, 1.165) is 183 Å². The molecule has 0 spiro atoms. The van der Waals surface area contributed by atoms with E-state index in [1.54, 1.807) is 0 Å². The van der Waals surface area contributed by atoms with Crippen LogP contribution in [0.2, 0.25) is 0 Å². The van der Waals surface area contributed by atoms with Crippen molar-refractivity contribution in [1.29, 1.82) is 5.26 Å². The number of nitrogens with zero attached hydrogens (tertiary/aromatic N) is 11. The Morgan fingerprint density at radius 2 is 0.580 bits per heavy atom. The zero-order chi connectivity index (χ0) is 73.4. The topological polar surface area (TPSA) is 96.4 Å². The van der Waals surface area contributed by atoms with Gasteiger partial charge in [-0.2, -0.15) is 5.26 Å². The predicted molar refractivity (Wildman–Crippen MR) is 462 cm³/mol. The van der Waals surface area contributed by atoms with Crippen LogP contribution in [-0.4, -0.2) is 48.2 Å². The Labute approximate surface area is 640 Å². The summed E-state index contributed by atoms with van der Waals surface area (Å²) in [6.07, 6.45) is 10.9. The lowest BCUT2D eigenvalue weighted by Gasteiger charge is -2.30.